The third kappa shape index (κ3) is 6.22. The second kappa shape index (κ2) is 10.2. The van der Waals surface area contributed by atoms with Gasteiger partial charge in [-0.05, 0) is 92.5 Å². The molecule has 6 heteroatoms. The number of rotatable bonds is 6. The van der Waals surface area contributed by atoms with Gasteiger partial charge in [-0.15, -0.1) is 0 Å². The minimum atomic E-state index is -1.16. The van der Waals surface area contributed by atoms with Crippen LogP contribution < -0.4 is 0 Å². The van der Waals surface area contributed by atoms with Crippen LogP contribution >= 0.6 is 0 Å². The highest BCUT2D eigenvalue weighted by molar-refractivity contribution is 5.94. The summed E-state index contributed by atoms with van der Waals surface area (Å²) in [5, 5.41) is 10.2. The molecular weight excluding hydrogens is 457 g/mol. The fourth-order valence-corrected chi connectivity index (χ4v) is 4.66. The summed E-state index contributed by atoms with van der Waals surface area (Å²) in [6, 6.07) is 5.69. The summed E-state index contributed by atoms with van der Waals surface area (Å²) in [6.45, 7) is 16.6. The summed E-state index contributed by atoms with van der Waals surface area (Å²) in [5.74, 6) is -1.76. The highest BCUT2D eigenvalue weighted by atomic mass is 19.1. The van der Waals surface area contributed by atoms with Gasteiger partial charge in [0, 0.05) is 24.2 Å². The van der Waals surface area contributed by atoms with Crippen molar-refractivity contribution in [2.75, 3.05) is 0 Å². The molecule has 0 saturated heterocycles. The highest BCUT2D eigenvalue weighted by Crippen LogP contribution is 2.40. The number of benzene rings is 2. The minimum absolute atomic E-state index is 0.0820. The average Bonchev–Trinajstić information content (AvgIpc) is 3.20. The molecule has 36 heavy (non-hydrogen) atoms. The Kier molecular flexibility index (Phi) is 7.80. The van der Waals surface area contributed by atoms with Crippen LogP contribution in [0.5, 0.6) is 0 Å². The van der Waals surface area contributed by atoms with Crippen LogP contribution in [0.25, 0.3) is 6.08 Å². The van der Waals surface area contributed by atoms with Gasteiger partial charge >= 0.3 is 5.97 Å². The maximum absolute atomic E-state index is 13.8. The number of ether oxygens (including phenoxy) is 1. The van der Waals surface area contributed by atoms with E-state index in [0.717, 1.165) is 34.2 Å². The molecule has 0 bridgehead atoms. The van der Waals surface area contributed by atoms with Crippen molar-refractivity contribution in [2.45, 2.75) is 86.6 Å². The third-order valence-electron chi connectivity index (χ3n) is 6.40. The molecule has 2 aromatic carbocycles. The lowest BCUT2D eigenvalue weighted by atomic mass is 9.85. The molecule has 0 spiro atoms. The lowest BCUT2D eigenvalue weighted by Crippen LogP contribution is -2.29. The number of carbonyl (C=O) groups excluding carboxylic acids is 1. The van der Waals surface area contributed by atoms with Crippen LogP contribution in [0, 0.1) is 25.1 Å². The lowest BCUT2D eigenvalue weighted by molar-refractivity contribution is -0.160. The number of nitrogens with zero attached hydrogens (tertiary/aromatic N) is 1. The summed E-state index contributed by atoms with van der Waals surface area (Å²) in [6.07, 6.45) is 3.75. The maximum Gasteiger partial charge on any atom is 0.337 e. The Hall–Kier alpha value is -2.99. The first-order valence-corrected chi connectivity index (χ1v) is 12.4. The zero-order valence-corrected chi connectivity index (χ0v) is 22.7. The molecule has 1 amide bonds. The van der Waals surface area contributed by atoms with Crippen LogP contribution in [0.3, 0.4) is 0 Å². The van der Waals surface area contributed by atoms with Crippen LogP contribution in [0.2, 0.25) is 0 Å². The quantitative estimate of drug-likeness (QED) is 0.469. The van der Waals surface area contributed by atoms with E-state index in [-0.39, 0.29) is 11.3 Å². The van der Waals surface area contributed by atoms with E-state index in [0.29, 0.717) is 24.2 Å². The monoisotopic (exact) mass is 495 g/mol. The average molecular weight is 496 g/mol. The largest absolute Gasteiger partial charge is 0.479 e. The number of carboxylic acid groups (broad SMARTS) is 1. The zero-order valence-electron chi connectivity index (χ0n) is 22.7. The van der Waals surface area contributed by atoms with Crippen molar-refractivity contribution in [3.05, 3.63) is 75.1 Å². The number of amides is 1. The van der Waals surface area contributed by atoms with Crippen molar-refractivity contribution in [1.82, 2.24) is 4.90 Å². The number of carboxylic acids is 1. The fourth-order valence-electron chi connectivity index (χ4n) is 4.66. The van der Waals surface area contributed by atoms with Crippen LogP contribution in [0.15, 0.2) is 30.3 Å². The molecule has 1 heterocycles. The van der Waals surface area contributed by atoms with E-state index in [4.69, 9.17) is 4.74 Å². The van der Waals surface area contributed by atoms with Crippen LogP contribution in [0.1, 0.15) is 97.8 Å². The van der Waals surface area contributed by atoms with Gasteiger partial charge in [0.2, 0.25) is 0 Å². The predicted octanol–water partition coefficient (Wildman–Crippen LogP) is 6.99. The lowest BCUT2D eigenvalue weighted by Gasteiger charge is -2.29. The Morgan fingerprint density at radius 2 is 1.69 bits per heavy atom. The van der Waals surface area contributed by atoms with E-state index in [2.05, 4.69) is 26.8 Å². The van der Waals surface area contributed by atoms with Gasteiger partial charge in [0.05, 0.1) is 5.60 Å². The van der Waals surface area contributed by atoms with Gasteiger partial charge < -0.3 is 14.7 Å². The van der Waals surface area contributed by atoms with Gasteiger partial charge in [-0.25, -0.2) is 9.18 Å². The van der Waals surface area contributed by atoms with Crippen molar-refractivity contribution >= 4 is 18.0 Å². The number of hydrogen-bond donors (Lipinski definition) is 1. The number of allylic oxidation sites excluding steroid dienone is 1. The van der Waals surface area contributed by atoms with Crippen LogP contribution in [-0.2, 0) is 22.6 Å². The SMILES string of the molecule is Cc1c(/C=C/CC(C)(C)C)c(C(OC(C)(C)C)C(=O)O)c(C)c2c1CN(C(=O)c1cccc(F)c1)C2. The van der Waals surface area contributed by atoms with E-state index >= 15 is 0 Å². The van der Waals surface area contributed by atoms with E-state index < -0.39 is 23.5 Å². The van der Waals surface area contributed by atoms with Gasteiger partial charge in [-0.2, -0.15) is 0 Å². The Balaban J connectivity index is 2.14. The van der Waals surface area contributed by atoms with Gasteiger partial charge in [-0.3, -0.25) is 4.79 Å². The second-order valence-electron chi connectivity index (χ2n) is 11.8. The maximum atomic E-state index is 13.8. The van der Waals surface area contributed by atoms with Crippen molar-refractivity contribution < 1.29 is 23.8 Å². The van der Waals surface area contributed by atoms with E-state index in [1.54, 1.807) is 11.0 Å². The Labute approximate surface area is 214 Å². The topological polar surface area (TPSA) is 66.8 Å². The minimum Gasteiger partial charge on any atom is -0.479 e. The summed E-state index contributed by atoms with van der Waals surface area (Å²) >= 11 is 0. The van der Waals surface area contributed by atoms with Crippen molar-refractivity contribution in [3.8, 4) is 0 Å². The molecular formula is C30H38FNO4. The summed E-state index contributed by atoms with van der Waals surface area (Å²) in [5.41, 5.74) is 4.85. The zero-order chi connectivity index (χ0) is 27.0. The number of fused-ring (bicyclic) bond motifs is 1. The molecule has 1 aliphatic rings. The van der Waals surface area contributed by atoms with Crippen molar-refractivity contribution in [1.29, 1.82) is 0 Å². The molecule has 194 valence electrons. The molecule has 1 unspecified atom stereocenters. The van der Waals surface area contributed by atoms with Crippen molar-refractivity contribution in [3.63, 3.8) is 0 Å². The number of hydrogen-bond acceptors (Lipinski definition) is 3. The van der Waals surface area contributed by atoms with Gasteiger partial charge in [0.1, 0.15) is 5.82 Å². The highest BCUT2D eigenvalue weighted by Gasteiger charge is 2.35. The normalized spacial score (nSPS) is 14.9. The molecule has 1 N–H and O–H groups in total. The molecule has 5 nitrogen and oxygen atoms in total. The molecule has 3 rings (SSSR count). The van der Waals surface area contributed by atoms with Gasteiger partial charge in [0.25, 0.3) is 5.91 Å². The van der Waals surface area contributed by atoms with Gasteiger partial charge in [0.15, 0.2) is 6.10 Å². The Morgan fingerprint density at radius 1 is 1.08 bits per heavy atom. The predicted molar refractivity (Wildman–Crippen MR) is 140 cm³/mol. The molecule has 0 saturated carbocycles. The molecule has 2 aromatic rings. The van der Waals surface area contributed by atoms with E-state index in [9.17, 15) is 19.1 Å². The summed E-state index contributed by atoms with van der Waals surface area (Å²) < 4.78 is 19.8. The second-order valence-corrected chi connectivity index (χ2v) is 11.8. The van der Waals surface area contributed by atoms with Crippen LogP contribution in [-0.4, -0.2) is 27.5 Å². The summed E-state index contributed by atoms with van der Waals surface area (Å²) in [4.78, 5) is 27.4. The first kappa shape index (κ1) is 27.6. The molecule has 1 atom stereocenters. The molecule has 0 aliphatic carbocycles. The van der Waals surface area contributed by atoms with Crippen LogP contribution in [0.4, 0.5) is 4.39 Å². The van der Waals surface area contributed by atoms with Crippen molar-refractivity contribution in [2.24, 2.45) is 5.41 Å². The smallest absolute Gasteiger partial charge is 0.337 e. The molecule has 0 aromatic heterocycles. The fraction of sp³-hybridized carbons (Fsp3) is 0.467. The number of halogens is 1. The molecule has 0 radical (unpaired) electrons. The Bertz CT molecular complexity index is 1200. The van der Waals surface area contributed by atoms with E-state index in [1.807, 2.05) is 40.7 Å². The number of aliphatic carboxylic acids is 1. The first-order valence-electron chi connectivity index (χ1n) is 12.4. The third-order valence-corrected chi connectivity index (χ3v) is 6.40. The molecule has 1 aliphatic heterocycles. The first-order chi connectivity index (χ1) is 16.6. The Morgan fingerprint density at radius 3 is 2.22 bits per heavy atom. The standard InChI is InChI=1S/C30H38FNO4/c1-18-22(13-10-14-29(3,4)5)25(26(28(34)35)36-30(6,7)8)19(2)24-17-32(16-23(18)24)27(33)20-11-9-12-21(31)15-20/h9-13,15,26H,14,16-17H2,1-8H3,(H,34,35)/b13-10+. The summed E-state index contributed by atoms with van der Waals surface area (Å²) in [7, 11) is 0. The number of carbonyl (C=O) groups is 2. The van der Waals surface area contributed by atoms with E-state index in [1.165, 1.54) is 18.2 Å². The molecule has 0 fully saturated rings. The van der Waals surface area contributed by atoms with Gasteiger partial charge in [-0.1, -0.05) is 39.0 Å².